The van der Waals surface area contributed by atoms with Gasteiger partial charge in [0, 0.05) is 5.69 Å². The molecule has 1 saturated heterocycles. The van der Waals surface area contributed by atoms with Crippen molar-refractivity contribution in [1.82, 2.24) is 4.90 Å². The highest BCUT2D eigenvalue weighted by Crippen LogP contribution is 2.29. The zero-order valence-electron chi connectivity index (χ0n) is 20.4. The van der Waals surface area contributed by atoms with E-state index in [1.165, 1.54) is 17.7 Å². The second-order valence-corrected chi connectivity index (χ2v) is 9.08. The fourth-order valence-corrected chi connectivity index (χ4v) is 4.46. The highest BCUT2D eigenvalue weighted by Gasteiger charge is 2.44. The molecule has 0 bridgehead atoms. The Labute approximate surface area is 217 Å². The Morgan fingerprint density at radius 1 is 1.06 bits per heavy atom. The van der Waals surface area contributed by atoms with Gasteiger partial charge in [-0.3, -0.25) is 9.59 Å². The van der Waals surface area contributed by atoms with Crippen LogP contribution in [-0.4, -0.2) is 34.5 Å². The normalized spacial score (nSPS) is 15.2. The van der Waals surface area contributed by atoms with Crippen LogP contribution in [0.3, 0.4) is 0 Å². The van der Waals surface area contributed by atoms with Gasteiger partial charge in [0.25, 0.3) is 5.91 Å². The van der Waals surface area contributed by atoms with E-state index >= 15 is 0 Å². The van der Waals surface area contributed by atoms with Crippen molar-refractivity contribution in [3.63, 3.8) is 0 Å². The Balaban J connectivity index is 1.47. The van der Waals surface area contributed by atoms with Gasteiger partial charge in [-0.1, -0.05) is 44.4 Å². The lowest BCUT2D eigenvalue weighted by atomic mass is 10.2. The smallest absolute Gasteiger partial charge is 0.257 e. The fourth-order valence-electron chi connectivity index (χ4n) is 4.15. The molecular weight excluding hydrogens is 474 g/mol. The number of hydrogen-bond donors (Lipinski definition) is 1. The summed E-state index contributed by atoms with van der Waals surface area (Å²) in [4.78, 5) is 29.5. The molecule has 1 fully saturated rings. The van der Waals surface area contributed by atoms with E-state index < -0.39 is 6.04 Å². The summed E-state index contributed by atoms with van der Waals surface area (Å²) in [7, 11) is 0. The molecule has 1 aliphatic rings. The van der Waals surface area contributed by atoms with E-state index in [9.17, 15) is 9.59 Å². The van der Waals surface area contributed by atoms with Crippen molar-refractivity contribution >= 4 is 40.5 Å². The van der Waals surface area contributed by atoms with Gasteiger partial charge in [0.1, 0.15) is 17.6 Å². The molecule has 0 aliphatic carbocycles. The summed E-state index contributed by atoms with van der Waals surface area (Å²) in [5.41, 5.74) is 1.32. The average Bonchev–Trinajstić information content (AvgIpc) is 3.50. The first-order valence-corrected chi connectivity index (χ1v) is 12.7. The number of thiocarbonyl (C=S) groups is 1. The number of carbonyl (C=O) groups excluding carboxylic acids is 2. The summed E-state index contributed by atoms with van der Waals surface area (Å²) in [5.74, 6) is 0.770. The fraction of sp³-hybridized carbons (Fsp3) is 0.321. The van der Waals surface area contributed by atoms with E-state index in [1.54, 1.807) is 41.5 Å². The number of rotatable bonds is 11. The van der Waals surface area contributed by atoms with Crippen molar-refractivity contribution in [1.29, 1.82) is 0 Å². The molecule has 2 heterocycles. The van der Waals surface area contributed by atoms with Crippen molar-refractivity contribution < 1.29 is 18.7 Å². The lowest BCUT2D eigenvalue weighted by Gasteiger charge is -2.29. The third-order valence-electron chi connectivity index (χ3n) is 6.05. The van der Waals surface area contributed by atoms with Crippen molar-refractivity contribution in [2.75, 3.05) is 16.8 Å². The first-order chi connectivity index (χ1) is 17.6. The number of imide groups is 1. The van der Waals surface area contributed by atoms with E-state index in [1.807, 2.05) is 36.4 Å². The summed E-state index contributed by atoms with van der Waals surface area (Å²) in [6.07, 6.45) is 6.11. The first-order valence-electron chi connectivity index (χ1n) is 12.3. The molecular formula is C28H31N3O4S. The van der Waals surface area contributed by atoms with Gasteiger partial charge in [-0.25, -0.2) is 4.90 Å². The molecule has 8 heteroatoms. The zero-order valence-corrected chi connectivity index (χ0v) is 21.2. The summed E-state index contributed by atoms with van der Waals surface area (Å²) >= 11 is 5.67. The number of nitrogens with one attached hydrogen (secondary N) is 1. The minimum absolute atomic E-state index is 0.0197. The number of anilines is 2. The Kier molecular flexibility index (Phi) is 8.73. The topological polar surface area (TPSA) is 75.0 Å². The number of carbonyl (C=O) groups is 2. The maximum atomic E-state index is 13.5. The number of para-hydroxylation sites is 1. The molecule has 0 unspecified atom stereocenters. The zero-order chi connectivity index (χ0) is 25.3. The van der Waals surface area contributed by atoms with Gasteiger partial charge in [-0.15, -0.1) is 0 Å². The Morgan fingerprint density at radius 2 is 1.83 bits per heavy atom. The molecule has 2 amide bonds. The number of ether oxygens (including phenoxy) is 1. The van der Waals surface area contributed by atoms with Crippen molar-refractivity contribution in [3.05, 3.63) is 78.8 Å². The van der Waals surface area contributed by atoms with Gasteiger partial charge in [0.15, 0.2) is 5.11 Å². The second-order valence-electron chi connectivity index (χ2n) is 8.69. The van der Waals surface area contributed by atoms with Crippen molar-refractivity contribution in [2.45, 2.75) is 51.6 Å². The number of furan rings is 1. The average molecular weight is 506 g/mol. The Bertz CT molecular complexity index is 1150. The number of nitrogens with zero attached hydrogens (tertiary/aromatic N) is 2. The van der Waals surface area contributed by atoms with E-state index in [0.29, 0.717) is 23.2 Å². The largest absolute Gasteiger partial charge is 0.494 e. The van der Waals surface area contributed by atoms with Crippen LogP contribution in [0.1, 0.15) is 44.8 Å². The maximum absolute atomic E-state index is 13.5. The van der Waals surface area contributed by atoms with Crippen LogP contribution in [0.25, 0.3) is 0 Å². The molecule has 1 aromatic heterocycles. The molecule has 3 aromatic rings. The van der Waals surface area contributed by atoms with E-state index in [-0.39, 0.29) is 24.8 Å². The standard InChI is InChI=1S/C28H31N3O4S/c1-2-3-4-8-17-34-23-15-13-22(14-16-23)31-26(32)19-25(27(31)33)30(20-24-12-9-18-35-24)28(36)29-21-10-6-5-7-11-21/h5-7,9-16,18,25H,2-4,8,17,19-20H2,1H3,(H,29,36)/t25-/m0/s1. The maximum Gasteiger partial charge on any atom is 0.257 e. The molecule has 1 atom stereocenters. The highest BCUT2D eigenvalue weighted by atomic mass is 32.1. The molecule has 0 radical (unpaired) electrons. The lowest BCUT2D eigenvalue weighted by molar-refractivity contribution is -0.122. The Morgan fingerprint density at radius 3 is 2.53 bits per heavy atom. The number of amides is 2. The molecule has 4 rings (SSSR count). The predicted octanol–water partition coefficient (Wildman–Crippen LogP) is 5.77. The van der Waals surface area contributed by atoms with E-state index in [4.69, 9.17) is 21.4 Å². The second kappa shape index (κ2) is 12.4. The van der Waals surface area contributed by atoms with Crippen LogP contribution >= 0.6 is 12.2 Å². The van der Waals surface area contributed by atoms with Crippen molar-refractivity contribution in [2.24, 2.45) is 0 Å². The highest BCUT2D eigenvalue weighted by molar-refractivity contribution is 7.80. The van der Waals surface area contributed by atoms with Gasteiger partial charge in [0.05, 0.1) is 31.5 Å². The molecule has 0 saturated carbocycles. The lowest BCUT2D eigenvalue weighted by Crippen LogP contribution is -2.46. The van der Waals surface area contributed by atoms with Crippen LogP contribution in [0.4, 0.5) is 11.4 Å². The summed E-state index contributed by atoms with van der Waals surface area (Å²) in [6.45, 7) is 3.08. The Hall–Kier alpha value is -3.65. The van der Waals surface area contributed by atoms with Gasteiger partial charge in [-0.05, 0) is 67.2 Å². The quantitative estimate of drug-likeness (QED) is 0.201. The molecule has 2 aromatic carbocycles. The van der Waals surface area contributed by atoms with Gasteiger partial charge >= 0.3 is 0 Å². The first kappa shape index (κ1) is 25.4. The van der Waals surface area contributed by atoms with Crippen LogP contribution in [0.15, 0.2) is 77.4 Å². The summed E-state index contributed by atoms with van der Waals surface area (Å²) in [6, 6.07) is 19.4. The summed E-state index contributed by atoms with van der Waals surface area (Å²) in [5, 5.41) is 3.52. The van der Waals surface area contributed by atoms with Crippen LogP contribution in [0.2, 0.25) is 0 Å². The minimum atomic E-state index is -0.749. The van der Waals surface area contributed by atoms with Gasteiger partial charge < -0.3 is 19.4 Å². The van der Waals surface area contributed by atoms with Gasteiger partial charge in [0.2, 0.25) is 5.91 Å². The predicted molar refractivity (Wildman–Crippen MR) is 144 cm³/mol. The van der Waals surface area contributed by atoms with Crippen LogP contribution in [0, 0.1) is 0 Å². The molecule has 1 N–H and O–H groups in total. The number of hydrogen-bond acceptors (Lipinski definition) is 5. The number of benzene rings is 2. The van der Waals surface area contributed by atoms with Crippen molar-refractivity contribution in [3.8, 4) is 5.75 Å². The van der Waals surface area contributed by atoms with Gasteiger partial charge in [-0.2, -0.15) is 0 Å². The monoisotopic (exact) mass is 505 g/mol. The third kappa shape index (κ3) is 6.31. The SMILES string of the molecule is CCCCCCOc1ccc(N2C(=O)C[C@H](N(Cc3ccco3)C(=S)Nc3ccccc3)C2=O)cc1. The molecule has 1 aliphatic heterocycles. The molecule has 7 nitrogen and oxygen atoms in total. The van der Waals surface area contributed by atoms with E-state index in [2.05, 4.69) is 12.2 Å². The third-order valence-corrected chi connectivity index (χ3v) is 6.39. The van der Waals surface area contributed by atoms with E-state index in [0.717, 1.165) is 24.3 Å². The molecule has 0 spiro atoms. The summed E-state index contributed by atoms with van der Waals surface area (Å²) < 4.78 is 11.3. The molecule has 188 valence electrons. The van der Waals surface area contributed by atoms with Crippen LogP contribution in [0.5, 0.6) is 5.75 Å². The van der Waals surface area contributed by atoms with Crippen LogP contribution < -0.4 is 15.0 Å². The molecule has 36 heavy (non-hydrogen) atoms. The minimum Gasteiger partial charge on any atom is -0.494 e. The van der Waals surface area contributed by atoms with Crippen LogP contribution in [-0.2, 0) is 16.1 Å². The number of unbranched alkanes of at least 4 members (excludes halogenated alkanes) is 3.